The first kappa shape index (κ1) is 11.9. The zero-order valence-corrected chi connectivity index (χ0v) is 10.5. The third-order valence-electron chi connectivity index (χ3n) is 4.49. The highest BCUT2D eigenvalue weighted by Crippen LogP contribution is 2.41. The van der Waals surface area contributed by atoms with Crippen molar-refractivity contribution in [2.24, 2.45) is 5.92 Å². The summed E-state index contributed by atoms with van der Waals surface area (Å²) in [6.45, 7) is -0.506. The van der Waals surface area contributed by atoms with Crippen LogP contribution < -0.4 is 5.32 Å². The lowest BCUT2D eigenvalue weighted by Crippen LogP contribution is -2.70. The summed E-state index contributed by atoms with van der Waals surface area (Å²) in [4.78, 5) is 26.3. The molecule has 2 saturated carbocycles. The Morgan fingerprint density at radius 3 is 2.50 bits per heavy atom. The Balaban J connectivity index is 1.88. The fourth-order valence-corrected chi connectivity index (χ4v) is 3.44. The van der Waals surface area contributed by atoms with Gasteiger partial charge in [0.1, 0.15) is 18.3 Å². The van der Waals surface area contributed by atoms with Gasteiger partial charge in [-0.05, 0) is 31.6 Å². The molecular weight excluding hydrogens is 235 g/mol. The summed E-state index contributed by atoms with van der Waals surface area (Å²) in [7, 11) is 0. The molecule has 1 spiro atoms. The number of carbonyl (C=O) groups excluding carboxylic acids is 2. The maximum absolute atomic E-state index is 12.7. The molecule has 3 fully saturated rings. The van der Waals surface area contributed by atoms with Crippen LogP contribution in [0, 0.1) is 5.92 Å². The van der Waals surface area contributed by atoms with Gasteiger partial charge in [0.25, 0.3) is 0 Å². The van der Waals surface area contributed by atoms with Crippen LogP contribution >= 0.6 is 0 Å². The second-order valence-electron chi connectivity index (χ2n) is 5.75. The first-order valence-corrected chi connectivity index (χ1v) is 6.87. The SMILES string of the molecule is O=C1NC2(CCCC2)C(=O)N(CCF)C1C1CC1. The lowest BCUT2D eigenvalue weighted by atomic mass is 9.89. The van der Waals surface area contributed by atoms with Crippen molar-refractivity contribution < 1.29 is 14.0 Å². The van der Waals surface area contributed by atoms with E-state index < -0.39 is 18.3 Å². The molecule has 3 rings (SSSR count). The van der Waals surface area contributed by atoms with Crippen LogP contribution in [-0.2, 0) is 9.59 Å². The van der Waals surface area contributed by atoms with Crippen LogP contribution in [0.2, 0.25) is 0 Å². The second kappa shape index (κ2) is 4.21. The molecule has 4 nitrogen and oxygen atoms in total. The van der Waals surface area contributed by atoms with Crippen LogP contribution in [0.3, 0.4) is 0 Å². The maximum Gasteiger partial charge on any atom is 0.249 e. The predicted molar refractivity (Wildman–Crippen MR) is 63.5 cm³/mol. The van der Waals surface area contributed by atoms with Gasteiger partial charge >= 0.3 is 0 Å². The van der Waals surface area contributed by atoms with Gasteiger partial charge in [-0.15, -0.1) is 0 Å². The van der Waals surface area contributed by atoms with E-state index in [1.807, 2.05) is 0 Å². The number of hydrogen-bond acceptors (Lipinski definition) is 2. The van der Waals surface area contributed by atoms with Gasteiger partial charge in [-0.2, -0.15) is 0 Å². The zero-order valence-electron chi connectivity index (χ0n) is 10.5. The number of carbonyl (C=O) groups is 2. The molecular formula is C13H19FN2O2. The molecule has 5 heteroatoms. The molecule has 0 radical (unpaired) electrons. The number of alkyl halides is 1. The molecule has 1 unspecified atom stereocenters. The van der Waals surface area contributed by atoms with Crippen LogP contribution in [0.5, 0.6) is 0 Å². The van der Waals surface area contributed by atoms with Gasteiger partial charge in [0.2, 0.25) is 11.8 Å². The summed E-state index contributed by atoms with van der Waals surface area (Å²) in [6.07, 6.45) is 5.28. The number of nitrogens with zero attached hydrogens (tertiary/aromatic N) is 1. The topological polar surface area (TPSA) is 49.4 Å². The van der Waals surface area contributed by atoms with Gasteiger partial charge < -0.3 is 10.2 Å². The highest BCUT2D eigenvalue weighted by Gasteiger charge is 2.55. The summed E-state index contributed by atoms with van der Waals surface area (Å²) in [5.41, 5.74) is -0.711. The van der Waals surface area contributed by atoms with Crippen molar-refractivity contribution in [2.75, 3.05) is 13.2 Å². The average molecular weight is 254 g/mol. The predicted octanol–water partition coefficient (Wildman–Crippen LogP) is 1.01. The summed E-state index contributed by atoms with van der Waals surface area (Å²) < 4.78 is 12.7. The van der Waals surface area contributed by atoms with Crippen molar-refractivity contribution in [1.82, 2.24) is 10.2 Å². The molecule has 2 amide bonds. The standard InChI is InChI=1S/C13H19FN2O2/c14-7-8-16-10(9-3-4-9)11(17)15-13(12(16)18)5-1-2-6-13/h9-10H,1-8H2,(H,15,17). The van der Waals surface area contributed by atoms with Gasteiger partial charge in [-0.1, -0.05) is 12.8 Å². The number of hydrogen-bond donors (Lipinski definition) is 1. The largest absolute Gasteiger partial charge is 0.340 e. The van der Waals surface area contributed by atoms with E-state index in [2.05, 4.69) is 5.32 Å². The third-order valence-corrected chi connectivity index (χ3v) is 4.49. The number of rotatable bonds is 3. The van der Waals surface area contributed by atoms with Crippen LogP contribution in [0.1, 0.15) is 38.5 Å². The molecule has 0 aromatic carbocycles. The smallest absolute Gasteiger partial charge is 0.249 e. The molecule has 1 saturated heterocycles. The molecule has 0 bridgehead atoms. The Hall–Kier alpha value is -1.13. The van der Waals surface area contributed by atoms with E-state index in [1.165, 1.54) is 4.90 Å². The molecule has 100 valence electrons. The van der Waals surface area contributed by atoms with Crippen molar-refractivity contribution in [1.29, 1.82) is 0 Å². The maximum atomic E-state index is 12.7. The summed E-state index contributed by atoms with van der Waals surface area (Å²) in [5.74, 6) is 0.140. The molecule has 1 N–H and O–H groups in total. The summed E-state index contributed by atoms with van der Waals surface area (Å²) in [5, 5.41) is 2.95. The first-order chi connectivity index (χ1) is 8.68. The van der Waals surface area contributed by atoms with E-state index in [0.717, 1.165) is 25.7 Å². The van der Waals surface area contributed by atoms with Crippen molar-refractivity contribution >= 4 is 11.8 Å². The monoisotopic (exact) mass is 254 g/mol. The fourth-order valence-electron chi connectivity index (χ4n) is 3.44. The average Bonchev–Trinajstić information content (AvgIpc) is 3.06. The van der Waals surface area contributed by atoms with Gasteiger partial charge in [0.05, 0.1) is 0 Å². The van der Waals surface area contributed by atoms with E-state index in [-0.39, 0.29) is 24.3 Å². The number of amides is 2. The van der Waals surface area contributed by atoms with Crippen molar-refractivity contribution in [3.05, 3.63) is 0 Å². The Morgan fingerprint density at radius 2 is 1.94 bits per heavy atom. The second-order valence-corrected chi connectivity index (χ2v) is 5.75. The molecule has 1 heterocycles. The number of halogens is 1. The summed E-state index contributed by atoms with van der Waals surface area (Å²) >= 11 is 0. The molecule has 3 aliphatic rings. The van der Waals surface area contributed by atoms with E-state index in [0.29, 0.717) is 12.8 Å². The van der Waals surface area contributed by atoms with Gasteiger partial charge in [-0.3, -0.25) is 9.59 Å². The molecule has 2 aliphatic carbocycles. The number of nitrogens with one attached hydrogen (secondary N) is 1. The molecule has 1 atom stereocenters. The number of piperazine rings is 1. The van der Waals surface area contributed by atoms with Crippen LogP contribution in [-0.4, -0.2) is 41.5 Å². The minimum absolute atomic E-state index is 0.0471. The van der Waals surface area contributed by atoms with Crippen molar-refractivity contribution in [3.63, 3.8) is 0 Å². The van der Waals surface area contributed by atoms with Crippen LogP contribution in [0.15, 0.2) is 0 Å². The Morgan fingerprint density at radius 1 is 1.28 bits per heavy atom. The zero-order chi connectivity index (χ0) is 12.8. The highest BCUT2D eigenvalue weighted by atomic mass is 19.1. The summed E-state index contributed by atoms with van der Waals surface area (Å²) in [6, 6.07) is -0.417. The van der Waals surface area contributed by atoms with Crippen LogP contribution in [0.25, 0.3) is 0 Å². The molecule has 0 aromatic rings. The minimum atomic E-state index is -0.711. The van der Waals surface area contributed by atoms with E-state index >= 15 is 0 Å². The van der Waals surface area contributed by atoms with E-state index in [9.17, 15) is 14.0 Å². The highest BCUT2D eigenvalue weighted by molar-refractivity contribution is 6.00. The van der Waals surface area contributed by atoms with Crippen molar-refractivity contribution in [3.8, 4) is 0 Å². The first-order valence-electron chi connectivity index (χ1n) is 6.87. The Bertz CT molecular complexity index is 375. The van der Waals surface area contributed by atoms with Crippen molar-refractivity contribution in [2.45, 2.75) is 50.1 Å². The lowest BCUT2D eigenvalue weighted by molar-refractivity contribution is -0.156. The molecule has 18 heavy (non-hydrogen) atoms. The molecule has 1 aliphatic heterocycles. The Kier molecular flexibility index (Phi) is 2.79. The normalized spacial score (nSPS) is 30.9. The Labute approximate surface area is 106 Å². The fraction of sp³-hybridized carbons (Fsp3) is 0.846. The third kappa shape index (κ3) is 1.71. The van der Waals surface area contributed by atoms with Gasteiger partial charge in [0.15, 0.2) is 0 Å². The van der Waals surface area contributed by atoms with E-state index in [1.54, 1.807) is 0 Å². The lowest BCUT2D eigenvalue weighted by Gasteiger charge is -2.44. The quantitative estimate of drug-likeness (QED) is 0.817. The van der Waals surface area contributed by atoms with Gasteiger partial charge in [0, 0.05) is 6.54 Å². The van der Waals surface area contributed by atoms with Crippen LogP contribution in [0.4, 0.5) is 4.39 Å². The minimum Gasteiger partial charge on any atom is -0.340 e. The molecule has 0 aromatic heterocycles. The van der Waals surface area contributed by atoms with Gasteiger partial charge in [-0.25, -0.2) is 4.39 Å². The van der Waals surface area contributed by atoms with E-state index in [4.69, 9.17) is 0 Å².